The zero-order valence-electron chi connectivity index (χ0n) is 38.3. The van der Waals surface area contributed by atoms with E-state index < -0.39 is 0 Å². The van der Waals surface area contributed by atoms with Crippen molar-refractivity contribution in [3.63, 3.8) is 0 Å². The van der Waals surface area contributed by atoms with Gasteiger partial charge in [-0.25, -0.2) is 19.9 Å². The molecular formula is C50H58N12O4. The molecule has 0 radical (unpaired) electrons. The number of fused-ring (bicyclic) bond motifs is 4. The Morgan fingerprint density at radius 1 is 0.985 bits per heavy atom. The van der Waals surface area contributed by atoms with Crippen LogP contribution in [0.5, 0.6) is 5.88 Å². The molecule has 1 unspecified atom stereocenters. The maximum atomic E-state index is 14.1. The minimum absolute atomic E-state index is 0.138. The van der Waals surface area contributed by atoms with Gasteiger partial charge in [-0.3, -0.25) is 19.4 Å². The smallest absolute Gasteiger partial charge is 0.276 e. The van der Waals surface area contributed by atoms with Crippen LogP contribution in [0.3, 0.4) is 0 Å². The first-order chi connectivity index (χ1) is 31.9. The summed E-state index contributed by atoms with van der Waals surface area (Å²) < 4.78 is 7.83. The molecule has 5 aromatic heterocycles. The first-order valence-corrected chi connectivity index (χ1v) is 23.0. The summed E-state index contributed by atoms with van der Waals surface area (Å²) in [5, 5.41) is 18.5. The third kappa shape index (κ3) is 7.81. The number of nitrogens with zero attached hydrogens (tertiary/aromatic N) is 9. The molecule has 66 heavy (non-hydrogen) atoms. The van der Waals surface area contributed by atoms with Gasteiger partial charge in [-0.05, 0) is 99.0 Å². The van der Waals surface area contributed by atoms with Gasteiger partial charge in [-0.2, -0.15) is 0 Å². The van der Waals surface area contributed by atoms with Crippen molar-refractivity contribution >= 4 is 57.2 Å². The minimum Gasteiger partial charge on any atom is -0.478 e. The number of amides is 2. The van der Waals surface area contributed by atoms with Crippen LogP contribution in [0.2, 0.25) is 0 Å². The zero-order valence-corrected chi connectivity index (χ0v) is 38.3. The molecule has 10 rings (SSSR count). The second kappa shape index (κ2) is 17.2. The predicted molar refractivity (Wildman–Crippen MR) is 258 cm³/mol. The number of aromatic nitrogens is 6. The number of aliphatic hydroxyl groups excluding tert-OH is 1. The third-order valence-electron chi connectivity index (χ3n) is 14.1. The first kappa shape index (κ1) is 43.1. The lowest BCUT2D eigenvalue weighted by molar-refractivity contribution is -0.111. The molecule has 342 valence electrons. The van der Waals surface area contributed by atoms with Gasteiger partial charge in [0.1, 0.15) is 17.2 Å². The van der Waals surface area contributed by atoms with Gasteiger partial charge in [0.25, 0.3) is 11.8 Å². The fraction of sp³-hybridized carbons (Fsp3) is 0.400. The molecule has 1 aliphatic carbocycles. The average molecular weight is 891 g/mol. The van der Waals surface area contributed by atoms with Crippen molar-refractivity contribution in [2.24, 2.45) is 5.41 Å². The molecule has 0 spiro atoms. The number of methoxy groups -OCH3 is 1. The van der Waals surface area contributed by atoms with Gasteiger partial charge < -0.3 is 39.8 Å². The number of H-pyrrole nitrogens is 1. The normalized spacial score (nSPS) is 20.6. The van der Waals surface area contributed by atoms with Crippen LogP contribution in [0.15, 0.2) is 79.9 Å². The molecule has 4 aliphatic rings. The number of carbonyl (C=O) groups is 2. The van der Waals surface area contributed by atoms with Crippen LogP contribution in [0.1, 0.15) is 67.8 Å². The number of piperazine rings is 1. The Labute approximate surface area is 384 Å². The van der Waals surface area contributed by atoms with E-state index in [4.69, 9.17) is 9.72 Å². The molecule has 16 nitrogen and oxygen atoms in total. The lowest BCUT2D eigenvalue weighted by Gasteiger charge is -2.48. The van der Waals surface area contributed by atoms with Crippen LogP contribution in [0, 0.1) is 5.41 Å². The lowest BCUT2D eigenvalue weighted by atomic mass is 9.90. The second-order valence-electron chi connectivity index (χ2n) is 18.9. The molecular weight excluding hydrogens is 833 g/mol. The van der Waals surface area contributed by atoms with Crippen molar-refractivity contribution < 1.29 is 19.4 Å². The van der Waals surface area contributed by atoms with Crippen LogP contribution >= 0.6 is 0 Å². The molecule has 8 heterocycles. The third-order valence-corrected chi connectivity index (χ3v) is 14.1. The largest absolute Gasteiger partial charge is 0.478 e. The quantitative estimate of drug-likeness (QED) is 0.0990. The van der Waals surface area contributed by atoms with Gasteiger partial charge in [-0.15, -0.1) is 0 Å². The maximum absolute atomic E-state index is 14.1. The summed E-state index contributed by atoms with van der Waals surface area (Å²) >= 11 is 0. The Kier molecular flexibility index (Phi) is 11.3. The van der Waals surface area contributed by atoms with Crippen molar-refractivity contribution in [3.05, 3.63) is 102 Å². The van der Waals surface area contributed by atoms with Crippen LogP contribution in [0.25, 0.3) is 22.3 Å². The molecule has 2 fully saturated rings. The van der Waals surface area contributed by atoms with E-state index in [1.54, 1.807) is 23.4 Å². The molecule has 6 aromatic rings. The zero-order chi connectivity index (χ0) is 45.9. The second-order valence-corrected chi connectivity index (χ2v) is 18.9. The number of hydrogen-bond acceptors (Lipinski definition) is 12. The van der Waals surface area contributed by atoms with Gasteiger partial charge in [-0.1, -0.05) is 20.4 Å². The van der Waals surface area contributed by atoms with E-state index in [-0.39, 0.29) is 35.8 Å². The standard InChI is InChI=1S/C50H58N12O4/c1-7-44(64)56-38-24-33(8-9-41(38)60-19-18-58(28-31(60)3)34-13-17-59(30(2)22-34)40-12-16-52-45-36(40)11-14-51-45)55-46-48(66-6)54-27-39(57-46)35-10-15-53-47(37(35)29-63)62-21-20-61-42(49(62)65)23-32-25-50(4,5)26-43(32)61/h7-12,14-16,23-24,27,30-31,34,63H,1,13,17-22,25-26,28-29H2,2-6H3,(H,51,52)(H,55,57)(H,56,64)/t30-,31+,34?/m1/s1. The number of carbonyl (C=O) groups excluding carboxylic acids is 2. The molecule has 3 atom stereocenters. The van der Waals surface area contributed by atoms with Crippen molar-refractivity contribution in [3.8, 4) is 17.1 Å². The molecule has 0 bridgehead atoms. The summed E-state index contributed by atoms with van der Waals surface area (Å²) in [6.45, 7) is 17.1. The number of nitrogens with one attached hydrogen (secondary N) is 3. The molecule has 1 aromatic carbocycles. The number of aliphatic hydroxyl groups is 1. The monoisotopic (exact) mass is 890 g/mol. The molecule has 0 saturated carbocycles. The maximum Gasteiger partial charge on any atom is 0.276 e. The van der Waals surface area contributed by atoms with E-state index in [1.807, 2.05) is 36.7 Å². The van der Waals surface area contributed by atoms with Gasteiger partial charge >= 0.3 is 0 Å². The number of pyridine rings is 2. The summed E-state index contributed by atoms with van der Waals surface area (Å²) in [5.74, 6) is 0.531. The van der Waals surface area contributed by atoms with Crippen LogP contribution in [0.4, 0.5) is 34.4 Å². The fourth-order valence-electron chi connectivity index (χ4n) is 11.0. The molecule has 2 saturated heterocycles. The topological polar surface area (TPSA) is 173 Å². The number of ether oxygens (including phenoxy) is 1. The summed E-state index contributed by atoms with van der Waals surface area (Å²) in [6, 6.07) is 15.0. The highest BCUT2D eigenvalue weighted by Gasteiger charge is 2.38. The van der Waals surface area contributed by atoms with Crippen molar-refractivity contribution in [2.45, 2.75) is 84.7 Å². The van der Waals surface area contributed by atoms with Gasteiger partial charge in [0.15, 0.2) is 5.82 Å². The van der Waals surface area contributed by atoms with E-state index in [0.29, 0.717) is 70.7 Å². The van der Waals surface area contributed by atoms with Crippen molar-refractivity contribution in [1.82, 2.24) is 34.4 Å². The van der Waals surface area contributed by atoms with Crippen molar-refractivity contribution in [1.29, 1.82) is 0 Å². The number of benzene rings is 1. The number of piperidine rings is 1. The summed E-state index contributed by atoms with van der Waals surface area (Å²) in [7, 11) is 1.53. The highest BCUT2D eigenvalue weighted by atomic mass is 16.5. The SMILES string of the molecule is C=CC(=O)Nc1cc(Nc2nc(-c3ccnc(N4CCn5c(cc6c5CC(C)(C)C6)C4=O)c3CO)cnc2OC)ccc1N1CCN(C2CCN(c3ccnc4[nH]ccc34)[C@H](C)C2)C[C@@H]1C. The van der Waals surface area contributed by atoms with E-state index in [2.05, 4.69) is 96.2 Å². The number of rotatable bonds is 11. The lowest BCUT2D eigenvalue weighted by Crippen LogP contribution is -2.58. The van der Waals surface area contributed by atoms with Crippen LogP contribution < -0.4 is 30.1 Å². The van der Waals surface area contributed by atoms with Gasteiger partial charge in [0, 0.05) is 110 Å². The molecule has 16 heteroatoms. The van der Waals surface area contributed by atoms with Gasteiger partial charge in [0.05, 0.1) is 37.0 Å². The number of anilines is 6. The molecule has 3 aliphatic heterocycles. The van der Waals surface area contributed by atoms with E-state index >= 15 is 0 Å². The highest BCUT2D eigenvalue weighted by molar-refractivity contribution is 6.06. The Bertz CT molecular complexity index is 2850. The Morgan fingerprint density at radius 3 is 2.61 bits per heavy atom. The van der Waals surface area contributed by atoms with E-state index in [1.165, 1.54) is 30.1 Å². The molecule has 4 N–H and O–H groups in total. The predicted octanol–water partition coefficient (Wildman–Crippen LogP) is 6.94. The van der Waals surface area contributed by atoms with Crippen LogP contribution in [-0.4, -0.2) is 109 Å². The van der Waals surface area contributed by atoms with E-state index in [9.17, 15) is 14.7 Å². The average Bonchev–Trinajstić information content (AvgIpc) is 4.02. The number of hydrogen-bond donors (Lipinski definition) is 4. The van der Waals surface area contributed by atoms with Gasteiger partial charge in [0.2, 0.25) is 5.91 Å². The van der Waals surface area contributed by atoms with Crippen molar-refractivity contribution in [2.75, 3.05) is 65.2 Å². The van der Waals surface area contributed by atoms with Crippen LogP contribution in [-0.2, 0) is 30.8 Å². The van der Waals surface area contributed by atoms with E-state index in [0.717, 1.165) is 68.6 Å². The highest BCUT2D eigenvalue weighted by Crippen LogP contribution is 2.41. The first-order valence-electron chi connectivity index (χ1n) is 23.0. The summed E-state index contributed by atoms with van der Waals surface area (Å²) in [6.07, 6.45) is 12.4. The summed E-state index contributed by atoms with van der Waals surface area (Å²) in [4.78, 5) is 58.1. The molecule has 2 amide bonds. The Morgan fingerprint density at radius 2 is 1.82 bits per heavy atom. The fourth-order valence-corrected chi connectivity index (χ4v) is 11.0. The Balaban J connectivity index is 0.866. The minimum atomic E-state index is -0.368. The Hall–Kier alpha value is -6.78. The summed E-state index contributed by atoms with van der Waals surface area (Å²) in [5.41, 5.74) is 9.20. The number of aromatic amines is 1.